The lowest BCUT2D eigenvalue weighted by molar-refractivity contribution is -0.114. The molecule has 1 aromatic heterocycles. The summed E-state index contributed by atoms with van der Waals surface area (Å²) in [6.07, 6.45) is 0. The highest BCUT2D eigenvalue weighted by Gasteiger charge is 2.09. The van der Waals surface area contributed by atoms with E-state index in [9.17, 15) is 9.59 Å². The Balaban J connectivity index is 1.62. The lowest BCUT2D eigenvalue weighted by Gasteiger charge is -2.02. The summed E-state index contributed by atoms with van der Waals surface area (Å²) in [6.45, 7) is 1.46. The number of hydrogen-bond acceptors (Lipinski definition) is 5. The third kappa shape index (κ3) is 4.94. The normalized spacial score (nSPS) is 10.6. The molecule has 0 fully saturated rings. The van der Waals surface area contributed by atoms with E-state index in [1.165, 1.54) is 30.0 Å². The van der Waals surface area contributed by atoms with Crippen LogP contribution in [0.25, 0.3) is 10.2 Å². The molecule has 5 nitrogen and oxygen atoms in total. The van der Waals surface area contributed by atoms with Gasteiger partial charge in [0.2, 0.25) is 11.8 Å². The molecule has 2 amide bonds. The maximum Gasteiger partial charge on any atom is 0.236 e. The Morgan fingerprint density at radius 1 is 1.16 bits per heavy atom. The first-order valence-corrected chi connectivity index (χ1v) is 9.54. The van der Waals surface area contributed by atoms with Gasteiger partial charge in [0, 0.05) is 22.5 Å². The summed E-state index contributed by atoms with van der Waals surface area (Å²) in [5.41, 5.74) is 1.49. The molecule has 1 heterocycles. The Bertz CT molecular complexity index is 925. The maximum atomic E-state index is 12.1. The number of halogens is 1. The molecular formula is C17H14ClN3O2S2. The van der Waals surface area contributed by atoms with Crippen LogP contribution in [0, 0.1) is 0 Å². The largest absolute Gasteiger partial charge is 0.326 e. The van der Waals surface area contributed by atoms with Crippen molar-refractivity contribution in [1.29, 1.82) is 0 Å². The van der Waals surface area contributed by atoms with Gasteiger partial charge in [0.25, 0.3) is 0 Å². The van der Waals surface area contributed by atoms with Crippen molar-refractivity contribution in [3.8, 4) is 0 Å². The van der Waals surface area contributed by atoms with Crippen molar-refractivity contribution in [3.05, 3.63) is 47.5 Å². The van der Waals surface area contributed by atoms with Crippen molar-refractivity contribution in [2.75, 3.05) is 16.4 Å². The predicted molar refractivity (Wildman–Crippen MR) is 105 cm³/mol. The van der Waals surface area contributed by atoms with Gasteiger partial charge in [-0.15, -0.1) is 11.8 Å². The molecular weight excluding hydrogens is 378 g/mol. The highest BCUT2D eigenvalue weighted by molar-refractivity contribution is 8.00. The third-order valence-corrected chi connectivity index (χ3v) is 5.34. The van der Waals surface area contributed by atoms with E-state index in [0.717, 1.165) is 15.1 Å². The van der Waals surface area contributed by atoms with Crippen LogP contribution in [0.1, 0.15) is 6.92 Å². The quantitative estimate of drug-likeness (QED) is 0.621. The fourth-order valence-electron chi connectivity index (χ4n) is 2.09. The smallest absolute Gasteiger partial charge is 0.236 e. The van der Waals surface area contributed by atoms with Gasteiger partial charge in [-0.3, -0.25) is 9.59 Å². The van der Waals surface area contributed by atoms with Gasteiger partial charge < -0.3 is 10.6 Å². The number of fused-ring (bicyclic) bond motifs is 1. The van der Waals surface area contributed by atoms with Gasteiger partial charge in [-0.1, -0.05) is 22.9 Å². The Morgan fingerprint density at radius 2 is 1.92 bits per heavy atom. The van der Waals surface area contributed by atoms with E-state index in [1.54, 1.807) is 18.2 Å². The first kappa shape index (κ1) is 17.7. The highest BCUT2D eigenvalue weighted by Crippen LogP contribution is 2.29. The molecule has 2 N–H and O–H groups in total. The van der Waals surface area contributed by atoms with Gasteiger partial charge in [0.1, 0.15) is 0 Å². The number of thiazole rings is 1. The molecule has 0 unspecified atom stereocenters. The minimum atomic E-state index is -0.128. The van der Waals surface area contributed by atoms with E-state index >= 15 is 0 Å². The molecule has 0 spiro atoms. The van der Waals surface area contributed by atoms with Crippen LogP contribution in [-0.4, -0.2) is 22.6 Å². The number of carbonyl (C=O) groups excluding carboxylic acids is 2. The second kappa shape index (κ2) is 7.86. The zero-order valence-electron chi connectivity index (χ0n) is 13.2. The van der Waals surface area contributed by atoms with Crippen molar-refractivity contribution in [2.45, 2.75) is 11.8 Å². The van der Waals surface area contributed by atoms with E-state index in [0.29, 0.717) is 15.8 Å². The molecule has 2 aromatic carbocycles. The third-order valence-electron chi connectivity index (χ3n) is 3.14. The first-order chi connectivity index (χ1) is 12.0. The number of nitrogens with zero attached hydrogens (tertiary/aromatic N) is 1. The molecule has 3 rings (SSSR count). The number of aromatic nitrogens is 1. The number of amides is 2. The lowest BCUT2D eigenvalue weighted by atomic mass is 10.3. The fraction of sp³-hybridized carbons (Fsp3) is 0.118. The van der Waals surface area contributed by atoms with Crippen molar-refractivity contribution in [2.24, 2.45) is 0 Å². The predicted octanol–water partition coefficient (Wildman–Crippen LogP) is 4.64. The summed E-state index contributed by atoms with van der Waals surface area (Å²) in [5.74, 6) is 0.0343. The minimum Gasteiger partial charge on any atom is -0.326 e. The van der Waals surface area contributed by atoms with Gasteiger partial charge in [-0.05, 0) is 42.5 Å². The summed E-state index contributed by atoms with van der Waals surface area (Å²) in [7, 11) is 0. The zero-order chi connectivity index (χ0) is 17.8. The Labute approximate surface area is 157 Å². The van der Waals surface area contributed by atoms with E-state index in [2.05, 4.69) is 15.6 Å². The van der Waals surface area contributed by atoms with Crippen LogP contribution >= 0.6 is 34.7 Å². The standard InChI is InChI=1S/C17H14ClN3O2S2/c1-10(22)19-12-4-7-14-15(8-12)25-17(20-14)21-16(23)9-24-13-5-2-11(18)3-6-13/h2-8H,9H2,1H3,(H,19,22)(H,20,21,23). The molecule has 0 bridgehead atoms. The van der Waals surface area contributed by atoms with Crippen LogP contribution in [0.3, 0.4) is 0 Å². The maximum absolute atomic E-state index is 12.1. The molecule has 0 aliphatic carbocycles. The molecule has 0 aliphatic rings. The van der Waals surface area contributed by atoms with Crippen molar-refractivity contribution in [1.82, 2.24) is 4.98 Å². The number of rotatable bonds is 5. The summed E-state index contributed by atoms with van der Waals surface area (Å²) in [6, 6.07) is 12.8. The molecule has 0 atom stereocenters. The number of anilines is 2. The number of carbonyl (C=O) groups is 2. The Morgan fingerprint density at radius 3 is 2.64 bits per heavy atom. The number of hydrogen-bond donors (Lipinski definition) is 2. The number of benzene rings is 2. The van der Waals surface area contributed by atoms with E-state index in [1.807, 2.05) is 24.3 Å². The molecule has 8 heteroatoms. The van der Waals surface area contributed by atoms with Crippen LogP contribution in [-0.2, 0) is 9.59 Å². The first-order valence-electron chi connectivity index (χ1n) is 7.36. The van der Waals surface area contributed by atoms with Crippen LogP contribution < -0.4 is 10.6 Å². The van der Waals surface area contributed by atoms with Gasteiger partial charge in [0.15, 0.2) is 5.13 Å². The van der Waals surface area contributed by atoms with Gasteiger partial charge in [-0.2, -0.15) is 0 Å². The van der Waals surface area contributed by atoms with Crippen molar-refractivity contribution in [3.63, 3.8) is 0 Å². The highest BCUT2D eigenvalue weighted by atomic mass is 35.5. The van der Waals surface area contributed by atoms with E-state index < -0.39 is 0 Å². The van der Waals surface area contributed by atoms with Crippen molar-refractivity contribution >= 4 is 67.5 Å². The molecule has 3 aromatic rings. The second-order valence-corrected chi connectivity index (χ2v) is 7.69. The minimum absolute atomic E-state index is 0.124. The lowest BCUT2D eigenvalue weighted by Crippen LogP contribution is -2.13. The van der Waals surface area contributed by atoms with Crippen LogP contribution in [0.4, 0.5) is 10.8 Å². The molecule has 0 saturated heterocycles. The number of thioether (sulfide) groups is 1. The SMILES string of the molecule is CC(=O)Nc1ccc2nc(NC(=O)CSc3ccc(Cl)cc3)sc2c1. The van der Waals surface area contributed by atoms with Crippen LogP contribution in [0.5, 0.6) is 0 Å². The molecule has 128 valence electrons. The molecule has 25 heavy (non-hydrogen) atoms. The average molecular weight is 392 g/mol. The van der Waals surface area contributed by atoms with Gasteiger partial charge >= 0.3 is 0 Å². The second-order valence-electron chi connectivity index (χ2n) is 5.17. The zero-order valence-corrected chi connectivity index (χ0v) is 15.6. The van der Waals surface area contributed by atoms with Crippen LogP contribution in [0.15, 0.2) is 47.4 Å². The van der Waals surface area contributed by atoms with E-state index in [-0.39, 0.29) is 17.6 Å². The molecule has 0 saturated carbocycles. The van der Waals surface area contributed by atoms with Crippen LogP contribution in [0.2, 0.25) is 5.02 Å². The summed E-state index contributed by atoms with van der Waals surface area (Å²) < 4.78 is 0.895. The fourth-order valence-corrected chi connectivity index (χ4v) is 3.84. The van der Waals surface area contributed by atoms with Crippen molar-refractivity contribution < 1.29 is 9.59 Å². The Kier molecular flexibility index (Phi) is 5.57. The Hall–Kier alpha value is -2.09. The van der Waals surface area contributed by atoms with Gasteiger partial charge in [0.05, 0.1) is 16.0 Å². The van der Waals surface area contributed by atoms with E-state index in [4.69, 9.17) is 11.6 Å². The summed E-state index contributed by atoms with van der Waals surface area (Å²) in [5, 5.41) is 6.74. The molecule has 0 radical (unpaired) electrons. The number of nitrogens with one attached hydrogen (secondary N) is 2. The van der Waals surface area contributed by atoms with Gasteiger partial charge in [-0.25, -0.2) is 4.98 Å². The summed E-state index contributed by atoms with van der Waals surface area (Å²) in [4.78, 5) is 28.6. The average Bonchev–Trinajstić information content (AvgIpc) is 2.95. The summed E-state index contributed by atoms with van der Waals surface area (Å²) >= 11 is 8.64. The topological polar surface area (TPSA) is 71.1 Å². The monoisotopic (exact) mass is 391 g/mol. The molecule has 0 aliphatic heterocycles.